The zero-order valence-corrected chi connectivity index (χ0v) is 14.5. The highest BCUT2D eigenvalue weighted by Gasteiger charge is 2.25. The minimum Gasteiger partial charge on any atom is -0.337 e. The van der Waals surface area contributed by atoms with Crippen LogP contribution in [-0.2, 0) is 20.0 Å². The van der Waals surface area contributed by atoms with E-state index in [1.165, 1.54) is 11.6 Å². The summed E-state index contributed by atoms with van der Waals surface area (Å²) in [5.41, 5.74) is 3.81. The molecule has 0 bridgehead atoms. The van der Waals surface area contributed by atoms with Gasteiger partial charge in [0.15, 0.2) is 0 Å². The van der Waals surface area contributed by atoms with Crippen molar-refractivity contribution in [1.29, 1.82) is 0 Å². The van der Waals surface area contributed by atoms with E-state index in [-0.39, 0.29) is 11.9 Å². The van der Waals surface area contributed by atoms with Gasteiger partial charge in [0.25, 0.3) is 0 Å². The standard InChI is InChI=1S/C19H22FN5/c1-13-12-24(2)19(23-13)11-21-16-7-5-9-17-14(16)10-22-25(17)18-8-4-3-6-15(18)20/h3-4,6,8,10,12,16,21H,5,7,9,11H2,1-2H3. The normalized spacial score (nSPS) is 16.8. The van der Waals surface area contributed by atoms with Crippen LogP contribution in [0.15, 0.2) is 36.7 Å². The summed E-state index contributed by atoms with van der Waals surface area (Å²) >= 11 is 0. The lowest BCUT2D eigenvalue weighted by atomic mass is 9.93. The van der Waals surface area contributed by atoms with Crippen LogP contribution in [0.1, 0.15) is 41.7 Å². The molecule has 0 radical (unpaired) electrons. The summed E-state index contributed by atoms with van der Waals surface area (Å²) in [6.45, 7) is 2.71. The Labute approximate surface area is 146 Å². The van der Waals surface area contributed by atoms with Crippen LogP contribution >= 0.6 is 0 Å². The molecule has 25 heavy (non-hydrogen) atoms. The minimum absolute atomic E-state index is 0.223. The molecule has 0 spiro atoms. The van der Waals surface area contributed by atoms with Gasteiger partial charge in [-0.05, 0) is 38.3 Å². The van der Waals surface area contributed by atoms with Gasteiger partial charge in [-0.2, -0.15) is 5.10 Å². The van der Waals surface area contributed by atoms with Gasteiger partial charge in [-0.15, -0.1) is 0 Å². The monoisotopic (exact) mass is 339 g/mol. The van der Waals surface area contributed by atoms with Crippen molar-refractivity contribution in [2.45, 2.75) is 38.8 Å². The maximum absolute atomic E-state index is 14.1. The molecule has 0 saturated heterocycles. The molecule has 130 valence electrons. The number of nitrogens with one attached hydrogen (secondary N) is 1. The van der Waals surface area contributed by atoms with Crippen molar-refractivity contribution in [2.75, 3.05) is 0 Å². The fraction of sp³-hybridized carbons (Fsp3) is 0.368. The van der Waals surface area contributed by atoms with E-state index in [1.54, 1.807) is 16.8 Å². The molecule has 0 fully saturated rings. The Morgan fingerprint density at radius 2 is 2.16 bits per heavy atom. The number of aromatic nitrogens is 4. The first-order chi connectivity index (χ1) is 12.1. The zero-order valence-electron chi connectivity index (χ0n) is 14.5. The smallest absolute Gasteiger partial charge is 0.148 e. The van der Waals surface area contributed by atoms with Crippen molar-refractivity contribution in [3.8, 4) is 5.69 Å². The molecule has 1 N–H and O–H groups in total. The fourth-order valence-electron chi connectivity index (χ4n) is 3.64. The van der Waals surface area contributed by atoms with E-state index >= 15 is 0 Å². The van der Waals surface area contributed by atoms with E-state index in [1.807, 2.05) is 32.4 Å². The number of fused-ring (bicyclic) bond motifs is 1. The van der Waals surface area contributed by atoms with Crippen molar-refractivity contribution in [3.63, 3.8) is 0 Å². The first kappa shape index (κ1) is 16.0. The van der Waals surface area contributed by atoms with Crippen LogP contribution in [0.4, 0.5) is 4.39 Å². The Bertz CT molecular complexity index is 895. The second-order valence-corrected chi connectivity index (χ2v) is 6.64. The van der Waals surface area contributed by atoms with Gasteiger partial charge < -0.3 is 9.88 Å². The van der Waals surface area contributed by atoms with Gasteiger partial charge in [0.05, 0.1) is 18.4 Å². The number of hydrogen-bond acceptors (Lipinski definition) is 3. The number of hydrogen-bond donors (Lipinski definition) is 1. The van der Waals surface area contributed by atoms with Gasteiger partial charge in [-0.1, -0.05) is 12.1 Å². The SMILES string of the molecule is Cc1cn(C)c(CNC2CCCc3c2cnn3-c2ccccc2F)n1. The summed E-state index contributed by atoms with van der Waals surface area (Å²) < 4.78 is 18.0. The summed E-state index contributed by atoms with van der Waals surface area (Å²) in [7, 11) is 2.01. The van der Waals surface area contributed by atoms with Gasteiger partial charge in [0.2, 0.25) is 0 Å². The second kappa shape index (κ2) is 6.44. The first-order valence-electron chi connectivity index (χ1n) is 8.67. The first-order valence-corrected chi connectivity index (χ1v) is 8.67. The molecule has 1 aliphatic rings. The highest BCUT2D eigenvalue weighted by molar-refractivity contribution is 5.38. The Hall–Kier alpha value is -2.47. The average molecular weight is 339 g/mol. The van der Waals surface area contributed by atoms with Crippen LogP contribution in [0.25, 0.3) is 5.69 Å². The van der Waals surface area contributed by atoms with Gasteiger partial charge in [0.1, 0.15) is 17.3 Å². The molecule has 0 amide bonds. The summed E-state index contributed by atoms with van der Waals surface area (Å²) in [4.78, 5) is 4.55. The molecule has 6 heteroatoms. The highest BCUT2D eigenvalue weighted by Crippen LogP contribution is 2.31. The topological polar surface area (TPSA) is 47.7 Å². The average Bonchev–Trinajstić information content (AvgIpc) is 3.16. The van der Waals surface area contributed by atoms with Crippen molar-refractivity contribution < 1.29 is 4.39 Å². The Kier molecular flexibility index (Phi) is 4.13. The maximum atomic E-state index is 14.1. The van der Waals surface area contributed by atoms with Gasteiger partial charge in [-0.3, -0.25) is 0 Å². The number of nitrogens with zero attached hydrogens (tertiary/aromatic N) is 4. The number of halogens is 1. The third kappa shape index (κ3) is 2.98. The molecule has 1 aromatic carbocycles. The number of para-hydroxylation sites is 1. The van der Waals surface area contributed by atoms with Gasteiger partial charge in [0, 0.05) is 30.5 Å². The Morgan fingerprint density at radius 1 is 1.32 bits per heavy atom. The molecule has 2 aromatic heterocycles. The summed E-state index contributed by atoms with van der Waals surface area (Å²) in [6, 6.07) is 7.02. The number of imidazole rings is 1. The molecule has 4 rings (SSSR count). The molecule has 0 aliphatic heterocycles. The summed E-state index contributed by atoms with van der Waals surface area (Å²) in [5.74, 6) is 0.776. The van der Waals surface area contributed by atoms with E-state index in [2.05, 4.69) is 20.0 Å². The zero-order chi connectivity index (χ0) is 17.4. The fourth-order valence-corrected chi connectivity index (χ4v) is 3.64. The van der Waals surface area contributed by atoms with Crippen molar-refractivity contribution in [2.24, 2.45) is 7.05 Å². The lowest BCUT2D eigenvalue weighted by Gasteiger charge is -2.24. The lowest BCUT2D eigenvalue weighted by molar-refractivity contribution is 0.445. The molecular formula is C19H22FN5. The van der Waals surface area contributed by atoms with E-state index in [4.69, 9.17) is 0 Å². The van der Waals surface area contributed by atoms with E-state index < -0.39 is 0 Å². The van der Waals surface area contributed by atoms with Crippen molar-refractivity contribution >= 4 is 0 Å². The van der Waals surface area contributed by atoms with E-state index in [9.17, 15) is 4.39 Å². The molecule has 3 aromatic rings. The predicted octanol–water partition coefficient (Wildman–Crippen LogP) is 3.22. The van der Waals surface area contributed by atoms with Crippen LogP contribution in [-0.4, -0.2) is 19.3 Å². The molecule has 0 saturated carbocycles. The van der Waals surface area contributed by atoms with Crippen LogP contribution in [0.5, 0.6) is 0 Å². The summed E-state index contributed by atoms with van der Waals surface area (Å²) in [6.07, 6.45) is 6.94. The van der Waals surface area contributed by atoms with E-state index in [0.29, 0.717) is 12.2 Å². The minimum atomic E-state index is -0.244. The van der Waals surface area contributed by atoms with Crippen molar-refractivity contribution in [1.82, 2.24) is 24.6 Å². The maximum Gasteiger partial charge on any atom is 0.148 e. The molecule has 2 heterocycles. The Balaban J connectivity index is 1.59. The quantitative estimate of drug-likeness (QED) is 0.794. The number of benzene rings is 1. The van der Waals surface area contributed by atoms with Crippen molar-refractivity contribution in [3.05, 3.63) is 65.3 Å². The third-order valence-electron chi connectivity index (χ3n) is 4.86. The highest BCUT2D eigenvalue weighted by atomic mass is 19.1. The molecule has 1 aliphatic carbocycles. The molecular weight excluding hydrogens is 317 g/mol. The number of rotatable bonds is 4. The largest absolute Gasteiger partial charge is 0.337 e. The predicted molar refractivity (Wildman–Crippen MR) is 94.0 cm³/mol. The Morgan fingerprint density at radius 3 is 2.92 bits per heavy atom. The lowest BCUT2D eigenvalue weighted by Crippen LogP contribution is -2.26. The van der Waals surface area contributed by atoms with Crippen LogP contribution in [0.3, 0.4) is 0 Å². The summed E-state index contributed by atoms with van der Waals surface area (Å²) in [5, 5.41) is 8.07. The van der Waals surface area contributed by atoms with Gasteiger partial charge >= 0.3 is 0 Å². The molecule has 5 nitrogen and oxygen atoms in total. The van der Waals surface area contributed by atoms with Crippen LogP contribution in [0, 0.1) is 12.7 Å². The molecule has 1 atom stereocenters. The van der Waals surface area contributed by atoms with Crippen LogP contribution < -0.4 is 5.32 Å². The van der Waals surface area contributed by atoms with E-state index in [0.717, 1.165) is 36.5 Å². The van der Waals surface area contributed by atoms with Gasteiger partial charge in [-0.25, -0.2) is 14.1 Å². The molecule has 1 unspecified atom stereocenters. The number of aryl methyl sites for hydroxylation is 2. The third-order valence-corrected chi connectivity index (χ3v) is 4.86. The van der Waals surface area contributed by atoms with Crippen LogP contribution in [0.2, 0.25) is 0 Å². The second-order valence-electron chi connectivity index (χ2n) is 6.64.